The fourth-order valence-corrected chi connectivity index (χ4v) is 3.04. The molecule has 0 spiro atoms. The fraction of sp³-hybridized carbons (Fsp3) is 0.769. The van der Waals surface area contributed by atoms with Crippen LogP contribution in [0, 0.1) is 18.3 Å². The minimum Gasteiger partial charge on any atom is -0.299 e. The predicted octanol–water partition coefficient (Wildman–Crippen LogP) is 1.84. The quantitative estimate of drug-likeness (QED) is 0.641. The summed E-state index contributed by atoms with van der Waals surface area (Å²) in [4.78, 5) is 14.1. The molecule has 0 aromatic rings. The Balaban J connectivity index is 2.04. The molecule has 0 bridgehead atoms. The maximum Gasteiger partial charge on any atom is 0.137 e. The number of piperidine rings is 1. The molecule has 1 saturated carbocycles. The van der Waals surface area contributed by atoms with E-state index in [4.69, 9.17) is 6.42 Å². The highest BCUT2D eigenvalue weighted by atomic mass is 16.1. The normalized spacial score (nSPS) is 32.9. The average molecular weight is 205 g/mol. The molecule has 0 aromatic heterocycles. The first kappa shape index (κ1) is 10.7. The Morgan fingerprint density at radius 3 is 2.87 bits per heavy atom. The zero-order chi connectivity index (χ0) is 10.7. The summed E-state index contributed by atoms with van der Waals surface area (Å²) in [7, 11) is 0. The molecule has 0 amide bonds. The Morgan fingerprint density at radius 2 is 2.20 bits per heavy atom. The van der Waals surface area contributed by atoms with Gasteiger partial charge in [0.2, 0.25) is 0 Å². The molecular weight excluding hydrogens is 186 g/mol. The first-order valence-corrected chi connectivity index (χ1v) is 6.03. The van der Waals surface area contributed by atoms with Crippen molar-refractivity contribution in [3.05, 3.63) is 0 Å². The Hall–Kier alpha value is -0.810. The van der Waals surface area contributed by atoms with Crippen LogP contribution < -0.4 is 0 Å². The largest absolute Gasteiger partial charge is 0.299 e. The second kappa shape index (κ2) is 4.81. The standard InChI is InChI=1S/C13H19NO/c1-2-9-14-10-4-3-7-12(14)11-6-5-8-13(11)15/h1,11-12H,3-10H2. The summed E-state index contributed by atoms with van der Waals surface area (Å²) in [6, 6.07) is 0.449. The Bertz CT molecular complexity index is 279. The first-order valence-electron chi connectivity index (χ1n) is 6.03. The van der Waals surface area contributed by atoms with E-state index in [9.17, 15) is 4.79 Å². The molecule has 82 valence electrons. The predicted molar refractivity (Wildman–Crippen MR) is 60.4 cm³/mol. The van der Waals surface area contributed by atoms with Gasteiger partial charge in [0.25, 0.3) is 0 Å². The summed E-state index contributed by atoms with van der Waals surface area (Å²) in [5.74, 6) is 3.49. The number of hydrogen-bond acceptors (Lipinski definition) is 2. The highest BCUT2D eigenvalue weighted by molar-refractivity contribution is 5.83. The lowest BCUT2D eigenvalue weighted by Crippen LogP contribution is -2.45. The molecule has 1 heterocycles. The third-order valence-electron chi connectivity index (χ3n) is 3.77. The minimum absolute atomic E-state index is 0.290. The van der Waals surface area contributed by atoms with Gasteiger partial charge in [-0.1, -0.05) is 12.3 Å². The average Bonchev–Trinajstić information content (AvgIpc) is 2.66. The molecule has 15 heavy (non-hydrogen) atoms. The molecule has 0 N–H and O–H groups in total. The molecular formula is C13H19NO. The molecule has 2 aliphatic rings. The van der Waals surface area contributed by atoms with Gasteiger partial charge in [-0.05, 0) is 32.2 Å². The molecule has 2 nitrogen and oxygen atoms in total. The van der Waals surface area contributed by atoms with Crippen molar-refractivity contribution >= 4 is 5.78 Å². The van der Waals surface area contributed by atoms with Crippen LogP contribution >= 0.6 is 0 Å². The summed E-state index contributed by atoms with van der Waals surface area (Å²) >= 11 is 0. The summed E-state index contributed by atoms with van der Waals surface area (Å²) < 4.78 is 0. The number of rotatable bonds is 2. The minimum atomic E-state index is 0.290. The highest BCUT2D eigenvalue weighted by Crippen LogP contribution is 2.32. The molecule has 1 saturated heterocycles. The van der Waals surface area contributed by atoms with Crippen LogP contribution in [0.25, 0.3) is 0 Å². The van der Waals surface area contributed by atoms with Gasteiger partial charge < -0.3 is 0 Å². The van der Waals surface area contributed by atoms with Crippen LogP contribution in [-0.4, -0.2) is 29.8 Å². The lowest BCUT2D eigenvalue weighted by atomic mass is 9.88. The van der Waals surface area contributed by atoms with Crippen molar-refractivity contribution in [1.82, 2.24) is 4.90 Å². The lowest BCUT2D eigenvalue weighted by Gasteiger charge is -2.37. The van der Waals surface area contributed by atoms with Crippen molar-refractivity contribution in [1.29, 1.82) is 0 Å². The summed E-state index contributed by atoms with van der Waals surface area (Å²) in [6.07, 6.45) is 12.0. The SMILES string of the molecule is C#CCN1CCCCC1C1CCCC1=O. The summed E-state index contributed by atoms with van der Waals surface area (Å²) in [6.45, 7) is 1.80. The van der Waals surface area contributed by atoms with Gasteiger partial charge >= 0.3 is 0 Å². The molecule has 0 aromatic carbocycles. The van der Waals surface area contributed by atoms with E-state index < -0.39 is 0 Å². The van der Waals surface area contributed by atoms with E-state index in [-0.39, 0.29) is 0 Å². The summed E-state index contributed by atoms with van der Waals surface area (Å²) in [5.41, 5.74) is 0. The van der Waals surface area contributed by atoms with Gasteiger partial charge in [-0.15, -0.1) is 6.42 Å². The first-order chi connectivity index (χ1) is 7.33. The third kappa shape index (κ3) is 2.23. The van der Waals surface area contributed by atoms with E-state index >= 15 is 0 Å². The molecule has 2 heteroatoms. The van der Waals surface area contributed by atoms with Crippen molar-refractivity contribution in [3.63, 3.8) is 0 Å². The third-order valence-corrected chi connectivity index (χ3v) is 3.77. The molecule has 2 fully saturated rings. The van der Waals surface area contributed by atoms with Crippen LogP contribution in [0.5, 0.6) is 0 Å². The second-order valence-corrected chi connectivity index (χ2v) is 4.70. The van der Waals surface area contributed by atoms with Gasteiger partial charge in [-0.3, -0.25) is 9.69 Å². The van der Waals surface area contributed by atoms with E-state index in [1.807, 2.05) is 0 Å². The van der Waals surface area contributed by atoms with Gasteiger partial charge in [-0.25, -0.2) is 0 Å². The number of terminal acetylenes is 1. The van der Waals surface area contributed by atoms with Crippen molar-refractivity contribution in [2.75, 3.05) is 13.1 Å². The molecule has 2 rings (SSSR count). The molecule has 2 atom stereocenters. The van der Waals surface area contributed by atoms with Gasteiger partial charge in [0, 0.05) is 18.4 Å². The topological polar surface area (TPSA) is 20.3 Å². The van der Waals surface area contributed by atoms with Crippen LogP contribution in [0.1, 0.15) is 38.5 Å². The Kier molecular flexibility index (Phi) is 3.43. The highest BCUT2D eigenvalue weighted by Gasteiger charge is 2.36. The molecule has 1 aliphatic carbocycles. The smallest absolute Gasteiger partial charge is 0.137 e. The fourth-order valence-electron chi connectivity index (χ4n) is 3.04. The van der Waals surface area contributed by atoms with Gasteiger partial charge in [-0.2, -0.15) is 0 Å². The molecule has 0 radical (unpaired) electrons. The van der Waals surface area contributed by atoms with Crippen molar-refractivity contribution in [2.24, 2.45) is 5.92 Å². The number of hydrogen-bond donors (Lipinski definition) is 0. The number of Topliss-reactive ketones (excluding diaryl/α,β-unsaturated/α-hetero) is 1. The second-order valence-electron chi connectivity index (χ2n) is 4.70. The number of carbonyl (C=O) groups excluding carboxylic acids is 1. The summed E-state index contributed by atoms with van der Waals surface area (Å²) in [5, 5.41) is 0. The van der Waals surface area contributed by atoms with E-state index in [1.165, 1.54) is 12.8 Å². The van der Waals surface area contributed by atoms with E-state index in [0.29, 0.717) is 24.3 Å². The molecule has 2 unspecified atom stereocenters. The monoisotopic (exact) mass is 205 g/mol. The van der Waals surface area contributed by atoms with Crippen molar-refractivity contribution < 1.29 is 4.79 Å². The number of likely N-dealkylation sites (tertiary alicyclic amines) is 1. The lowest BCUT2D eigenvalue weighted by molar-refractivity contribution is -0.123. The number of carbonyl (C=O) groups is 1. The van der Waals surface area contributed by atoms with E-state index in [2.05, 4.69) is 10.8 Å². The Morgan fingerprint density at radius 1 is 1.33 bits per heavy atom. The Labute approximate surface area is 92.0 Å². The van der Waals surface area contributed by atoms with Gasteiger partial charge in [0.15, 0.2) is 0 Å². The maximum atomic E-state index is 11.7. The van der Waals surface area contributed by atoms with Crippen LogP contribution in [0.2, 0.25) is 0 Å². The van der Waals surface area contributed by atoms with Crippen LogP contribution in [0.15, 0.2) is 0 Å². The van der Waals surface area contributed by atoms with Crippen LogP contribution in [0.3, 0.4) is 0 Å². The van der Waals surface area contributed by atoms with Gasteiger partial charge in [0.1, 0.15) is 5.78 Å². The van der Waals surface area contributed by atoms with Crippen LogP contribution in [0.4, 0.5) is 0 Å². The van der Waals surface area contributed by atoms with Gasteiger partial charge in [0.05, 0.1) is 6.54 Å². The van der Waals surface area contributed by atoms with E-state index in [1.54, 1.807) is 0 Å². The zero-order valence-electron chi connectivity index (χ0n) is 9.24. The molecule has 1 aliphatic heterocycles. The number of ketones is 1. The zero-order valence-corrected chi connectivity index (χ0v) is 9.24. The number of nitrogens with zero attached hydrogens (tertiary/aromatic N) is 1. The van der Waals surface area contributed by atoms with Crippen molar-refractivity contribution in [2.45, 2.75) is 44.6 Å². The van der Waals surface area contributed by atoms with E-state index in [0.717, 1.165) is 32.2 Å². The maximum absolute atomic E-state index is 11.7. The van der Waals surface area contributed by atoms with Crippen LogP contribution in [-0.2, 0) is 4.79 Å². The van der Waals surface area contributed by atoms with Crippen molar-refractivity contribution in [3.8, 4) is 12.3 Å².